The van der Waals surface area contributed by atoms with E-state index in [4.69, 9.17) is 4.42 Å². The number of carbonyl (C=O) groups excluding carboxylic acids is 1. The zero-order valence-electron chi connectivity index (χ0n) is 12.9. The van der Waals surface area contributed by atoms with Gasteiger partial charge in [0.15, 0.2) is 5.76 Å². The van der Waals surface area contributed by atoms with E-state index in [1.807, 2.05) is 12.1 Å². The maximum Gasteiger partial charge on any atom is 0.433 e. The SMILES string of the molecule is O=C(c1ccc([N+](=O)[O-])o1)N1CCN(Cc2ccc(O)cc2)CC1. The molecule has 1 amide bonds. The van der Waals surface area contributed by atoms with Crippen LogP contribution in [-0.2, 0) is 6.54 Å². The number of hydrogen-bond acceptors (Lipinski definition) is 6. The summed E-state index contributed by atoms with van der Waals surface area (Å²) in [4.78, 5) is 26.1. The van der Waals surface area contributed by atoms with E-state index >= 15 is 0 Å². The molecule has 0 spiro atoms. The third-order valence-corrected chi connectivity index (χ3v) is 3.98. The summed E-state index contributed by atoms with van der Waals surface area (Å²) in [6.45, 7) is 3.22. The van der Waals surface area contributed by atoms with E-state index < -0.39 is 10.8 Å². The second-order valence-corrected chi connectivity index (χ2v) is 5.63. The molecule has 0 aliphatic carbocycles. The first-order valence-corrected chi connectivity index (χ1v) is 7.57. The summed E-state index contributed by atoms with van der Waals surface area (Å²) in [6, 6.07) is 9.57. The molecule has 1 N–H and O–H groups in total. The van der Waals surface area contributed by atoms with Gasteiger partial charge in [-0.05, 0) is 23.8 Å². The Morgan fingerprint density at radius 1 is 1.12 bits per heavy atom. The fraction of sp³-hybridized carbons (Fsp3) is 0.312. The number of piperazine rings is 1. The molecule has 2 heterocycles. The van der Waals surface area contributed by atoms with Gasteiger partial charge in [-0.2, -0.15) is 0 Å². The lowest BCUT2D eigenvalue weighted by Gasteiger charge is -2.34. The lowest BCUT2D eigenvalue weighted by Crippen LogP contribution is -2.48. The second kappa shape index (κ2) is 6.71. The standard InChI is InChI=1S/C16H17N3O5/c20-13-3-1-12(2-4-13)11-17-7-9-18(10-8-17)16(21)14-5-6-15(24-14)19(22)23/h1-6,20H,7-11H2. The third kappa shape index (κ3) is 3.54. The smallest absolute Gasteiger partial charge is 0.433 e. The fourth-order valence-electron chi connectivity index (χ4n) is 2.67. The van der Waals surface area contributed by atoms with E-state index in [1.165, 1.54) is 12.1 Å². The minimum atomic E-state index is -0.660. The van der Waals surface area contributed by atoms with Crippen molar-refractivity contribution in [1.82, 2.24) is 9.80 Å². The number of benzene rings is 1. The monoisotopic (exact) mass is 331 g/mol. The molecule has 0 bridgehead atoms. The van der Waals surface area contributed by atoms with Gasteiger partial charge in [-0.15, -0.1) is 0 Å². The molecular weight excluding hydrogens is 314 g/mol. The number of phenolic OH excluding ortho intramolecular Hbond substituents is 1. The molecule has 1 aliphatic rings. The highest BCUT2D eigenvalue weighted by Crippen LogP contribution is 2.19. The molecule has 0 radical (unpaired) electrons. The molecule has 1 fully saturated rings. The van der Waals surface area contributed by atoms with Crippen molar-refractivity contribution in [3.63, 3.8) is 0 Å². The molecule has 8 nitrogen and oxygen atoms in total. The van der Waals surface area contributed by atoms with Gasteiger partial charge in [-0.25, -0.2) is 0 Å². The summed E-state index contributed by atoms with van der Waals surface area (Å²) in [7, 11) is 0. The van der Waals surface area contributed by atoms with Gasteiger partial charge in [-0.1, -0.05) is 12.1 Å². The largest absolute Gasteiger partial charge is 0.508 e. The Bertz CT molecular complexity index is 732. The van der Waals surface area contributed by atoms with Crippen molar-refractivity contribution >= 4 is 11.8 Å². The highest BCUT2D eigenvalue weighted by atomic mass is 16.6. The quantitative estimate of drug-likeness (QED) is 0.678. The van der Waals surface area contributed by atoms with Gasteiger partial charge in [0.2, 0.25) is 0 Å². The molecule has 0 saturated carbocycles. The Morgan fingerprint density at radius 3 is 2.38 bits per heavy atom. The van der Waals surface area contributed by atoms with Crippen LogP contribution in [0.5, 0.6) is 5.75 Å². The van der Waals surface area contributed by atoms with Crippen LogP contribution in [-0.4, -0.2) is 51.9 Å². The molecule has 24 heavy (non-hydrogen) atoms. The van der Waals surface area contributed by atoms with Crippen LogP contribution < -0.4 is 0 Å². The van der Waals surface area contributed by atoms with Crippen LogP contribution in [0.2, 0.25) is 0 Å². The highest BCUT2D eigenvalue weighted by Gasteiger charge is 2.25. The summed E-state index contributed by atoms with van der Waals surface area (Å²) >= 11 is 0. The van der Waals surface area contributed by atoms with Gasteiger partial charge >= 0.3 is 5.88 Å². The molecule has 1 saturated heterocycles. The van der Waals surface area contributed by atoms with Crippen LogP contribution in [0.15, 0.2) is 40.8 Å². The number of furan rings is 1. The number of aromatic hydroxyl groups is 1. The van der Waals surface area contributed by atoms with E-state index in [0.29, 0.717) is 26.2 Å². The molecule has 2 aromatic rings. The van der Waals surface area contributed by atoms with Crippen LogP contribution in [0.3, 0.4) is 0 Å². The molecule has 0 unspecified atom stereocenters. The van der Waals surface area contributed by atoms with Crippen molar-refractivity contribution in [3.05, 3.63) is 57.8 Å². The summed E-state index contributed by atoms with van der Waals surface area (Å²) in [5.41, 5.74) is 1.09. The Hall–Kier alpha value is -2.87. The lowest BCUT2D eigenvalue weighted by molar-refractivity contribution is -0.402. The van der Waals surface area contributed by atoms with Crippen molar-refractivity contribution in [2.75, 3.05) is 26.2 Å². The van der Waals surface area contributed by atoms with Gasteiger partial charge in [-0.3, -0.25) is 19.8 Å². The van der Waals surface area contributed by atoms with Crippen LogP contribution in [0.4, 0.5) is 5.88 Å². The first kappa shape index (κ1) is 16.0. The minimum Gasteiger partial charge on any atom is -0.508 e. The zero-order chi connectivity index (χ0) is 17.1. The predicted molar refractivity (Wildman–Crippen MR) is 84.6 cm³/mol. The Kier molecular flexibility index (Phi) is 4.48. The fourth-order valence-corrected chi connectivity index (χ4v) is 2.67. The predicted octanol–water partition coefficient (Wildman–Crippen LogP) is 1.85. The van der Waals surface area contributed by atoms with Crippen LogP contribution in [0, 0.1) is 10.1 Å². The lowest BCUT2D eigenvalue weighted by atomic mass is 10.2. The third-order valence-electron chi connectivity index (χ3n) is 3.98. The number of phenols is 1. The number of carbonyl (C=O) groups is 1. The molecule has 1 aliphatic heterocycles. The molecule has 0 atom stereocenters. The minimum absolute atomic E-state index is 0.00585. The summed E-state index contributed by atoms with van der Waals surface area (Å²) in [5, 5.41) is 19.9. The van der Waals surface area contributed by atoms with Crippen LogP contribution in [0.1, 0.15) is 16.1 Å². The number of nitrogens with zero attached hydrogens (tertiary/aromatic N) is 3. The highest BCUT2D eigenvalue weighted by molar-refractivity contribution is 5.91. The number of hydrogen-bond donors (Lipinski definition) is 1. The maximum atomic E-state index is 12.3. The first-order chi connectivity index (χ1) is 11.5. The van der Waals surface area contributed by atoms with Crippen LogP contribution >= 0.6 is 0 Å². The number of nitro groups is 1. The molecule has 3 rings (SSSR count). The Balaban J connectivity index is 1.55. The van der Waals surface area contributed by atoms with Crippen molar-refractivity contribution < 1.29 is 19.2 Å². The van der Waals surface area contributed by atoms with Crippen molar-refractivity contribution in [2.45, 2.75) is 6.54 Å². The Morgan fingerprint density at radius 2 is 1.79 bits per heavy atom. The van der Waals surface area contributed by atoms with Crippen LogP contribution in [0.25, 0.3) is 0 Å². The number of amides is 1. The second-order valence-electron chi connectivity index (χ2n) is 5.63. The molecule has 126 valence electrons. The van der Waals surface area contributed by atoms with Crippen molar-refractivity contribution in [1.29, 1.82) is 0 Å². The normalized spacial score (nSPS) is 15.4. The molecule has 1 aromatic heterocycles. The Labute approximate surface area is 138 Å². The number of rotatable bonds is 4. The summed E-state index contributed by atoms with van der Waals surface area (Å²) < 4.78 is 4.97. The van der Waals surface area contributed by atoms with E-state index in [1.54, 1.807) is 17.0 Å². The average molecular weight is 331 g/mol. The van der Waals surface area contributed by atoms with Crippen molar-refractivity contribution in [3.8, 4) is 5.75 Å². The van der Waals surface area contributed by atoms with Gasteiger partial charge in [0.1, 0.15) is 10.7 Å². The summed E-state index contributed by atoms with van der Waals surface area (Å²) in [5.74, 6) is -0.521. The zero-order valence-corrected chi connectivity index (χ0v) is 12.9. The first-order valence-electron chi connectivity index (χ1n) is 7.57. The average Bonchev–Trinajstić information content (AvgIpc) is 3.07. The molecular formula is C16H17N3O5. The van der Waals surface area contributed by atoms with Crippen molar-refractivity contribution in [2.24, 2.45) is 0 Å². The van der Waals surface area contributed by atoms with E-state index in [2.05, 4.69) is 4.90 Å². The van der Waals surface area contributed by atoms with E-state index in [0.717, 1.165) is 12.1 Å². The van der Waals surface area contributed by atoms with Gasteiger partial charge in [0, 0.05) is 32.7 Å². The van der Waals surface area contributed by atoms with Gasteiger partial charge in [0.05, 0.1) is 6.07 Å². The summed E-state index contributed by atoms with van der Waals surface area (Å²) in [6.07, 6.45) is 0. The van der Waals surface area contributed by atoms with Gasteiger partial charge < -0.3 is 14.4 Å². The molecule has 1 aromatic carbocycles. The molecule has 8 heteroatoms. The maximum absolute atomic E-state index is 12.3. The van der Waals surface area contributed by atoms with E-state index in [-0.39, 0.29) is 17.4 Å². The van der Waals surface area contributed by atoms with E-state index in [9.17, 15) is 20.0 Å². The topological polar surface area (TPSA) is 100 Å². The van der Waals surface area contributed by atoms with Gasteiger partial charge in [0.25, 0.3) is 5.91 Å².